The van der Waals surface area contributed by atoms with Crippen molar-refractivity contribution in [1.82, 2.24) is 14.5 Å². The minimum Gasteiger partial charge on any atom is -0.334 e. The highest BCUT2D eigenvalue weighted by atomic mass is 35.5. The Bertz CT molecular complexity index is 795. The molecule has 22 heavy (non-hydrogen) atoms. The van der Waals surface area contributed by atoms with Gasteiger partial charge < -0.3 is 4.57 Å². The van der Waals surface area contributed by atoms with Gasteiger partial charge in [-0.1, -0.05) is 29.8 Å². The van der Waals surface area contributed by atoms with Crippen LogP contribution in [0, 0.1) is 0 Å². The molecule has 3 nitrogen and oxygen atoms in total. The lowest BCUT2D eigenvalue weighted by atomic mass is 9.91. The average Bonchev–Trinajstić information content (AvgIpc) is 2.99. The zero-order valence-corrected chi connectivity index (χ0v) is 12.9. The highest BCUT2D eigenvalue weighted by molar-refractivity contribution is 6.30. The smallest absolute Gasteiger partial charge is 0.110 e. The molecule has 0 saturated heterocycles. The molecule has 3 heterocycles. The average molecular weight is 310 g/mol. The van der Waals surface area contributed by atoms with E-state index in [9.17, 15) is 0 Å². The van der Waals surface area contributed by atoms with Crippen LogP contribution in [0.5, 0.6) is 0 Å². The predicted octanol–water partition coefficient (Wildman–Crippen LogP) is 4.33. The molecule has 1 aliphatic heterocycles. The molecule has 1 unspecified atom stereocenters. The molecule has 110 valence electrons. The molecule has 0 fully saturated rings. The van der Waals surface area contributed by atoms with Crippen LogP contribution >= 0.6 is 11.6 Å². The standard InChI is InChI=1S/C18H16ClN3/c19-16-5-1-3-14(9-16)17-12-22-8-6-13(10-18(22)21-17)15-4-2-7-20-11-15/h1-5,7,9,11-13H,6,8,10H2. The number of rotatable bonds is 2. The molecule has 1 aliphatic rings. The molecule has 1 atom stereocenters. The van der Waals surface area contributed by atoms with Crippen molar-refractivity contribution in [3.05, 3.63) is 71.4 Å². The first-order valence-electron chi connectivity index (χ1n) is 7.51. The van der Waals surface area contributed by atoms with Gasteiger partial charge in [0.1, 0.15) is 5.82 Å². The van der Waals surface area contributed by atoms with Gasteiger partial charge in [0, 0.05) is 42.1 Å². The molecule has 4 rings (SSSR count). The first-order chi connectivity index (χ1) is 10.8. The second kappa shape index (κ2) is 5.58. The molecule has 0 aliphatic carbocycles. The minimum absolute atomic E-state index is 0.510. The molecule has 0 radical (unpaired) electrons. The maximum atomic E-state index is 6.08. The number of imidazole rings is 1. The molecule has 0 saturated carbocycles. The van der Waals surface area contributed by atoms with Gasteiger partial charge in [-0.15, -0.1) is 0 Å². The van der Waals surface area contributed by atoms with Crippen molar-refractivity contribution in [2.45, 2.75) is 25.3 Å². The summed E-state index contributed by atoms with van der Waals surface area (Å²) in [4.78, 5) is 9.06. The SMILES string of the molecule is Clc1cccc(-c2cn3c(n2)CC(c2cccnc2)CC3)c1. The van der Waals surface area contributed by atoms with E-state index >= 15 is 0 Å². The molecule has 0 spiro atoms. The van der Waals surface area contributed by atoms with Crippen molar-refractivity contribution in [2.24, 2.45) is 0 Å². The Morgan fingerprint density at radius 1 is 1.18 bits per heavy atom. The Morgan fingerprint density at radius 2 is 2.14 bits per heavy atom. The van der Waals surface area contributed by atoms with E-state index in [2.05, 4.69) is 27.9 Å². The normalized spacial score (nSPS) is 17.2. The van der Waals surface area contributed by atoms with E-state index < -0.39 is 0 Å². The van der Waals surface area contributed by atoms with E-state index in [0.29, 0.717) is 5.92 Å². The topological polar surface area (TPSA) is 30.7 Å². The van der Waals surface area contributed by atoms with E-state index in [0.717, 1.165) is 41.5 Å². The van der Waals surface area contributed by atoms with Gasteiger partial charge in [0.15, 0.2) is 0 Å². The van der Waals surface area contributed by atoms with Crippen LogP contribution in [-0.4, -0.2) is 14.5 Å². The summed E-state index contributed by atoms with van der Waals surface area (Å²) in [6.45, 7) is 1.00. The van der Waals surface area contributed by atoms with Gasteiger partial charge in [0.25, 0.3) is 0 Å². The number of aryl methyl sites for hydroxylation is 1. The fourth-order valence-electron chi connectivity index (χ4n) is 3.12. The van der Waals surface area contributed by atoms with E-state index in [1.165, 1.54) is 5.56 Å². The number of pyridine rings is 1. The Morgan fingerprint density at radius 3 is 2.95 bits per heavy atom. The van der Waals surface area contributed by atoms with Crippen LogP contribution in [0.3, 0.4) is 0 Å². The van der Waals surface area contributed by atoms with Gasteiger partial charge in [-0.3, -0.25) is 4.98 Å². The van der Waals surface area contributed by atoms with Gasteiger partial charge in [-0.05, 0) is 36.1 Å². The van der Waals surface area contributed by atoms with Crippen LogP contribution in [0.1, 0.15) is 23.7 Å². The number of fused-ring (bicyclic) bond motifs is 1. The Hall–Kier alpha value is -2.13. The number of halogens is 1. The van der Waals surface area contributed by atoms with Crippen molar-refractivity contribution in [1.29, 1.82) is 0 Å². The van der Waals surface area contributed by atoms with Crippen LogP contribution < -0.4 is 0 Å². The third-order valence-electron chi connectivity index (χ3n) is 4.28. The highest BCUT2D eigenvalue weighted by Crippen LogP contribution is 2.31. The molecule has 0 amide bonds. The Labute approximate surface area is 134 Å². The molecule has 2 aromatic heterocycles. The number of aromatic nitrogens is 3. The summed E-state index contributed by atoms with van der Waals surface area (Å²) in [6.07, 6.45) is 8.03. The van der Waals surface area contributed by atoms with Crippen LogP contribution in [0.2, 0.25) is 5.02 Å². The molecule has 1 aromatic carbocycles. The van der Waals surface area contributed by atoms with Crippen LogP contribution in [-0.2, 0) is 13.0 Å². The Kier molecular flexibility index (Phi) is 3.43. The quantitative estimate of drug-likeness (QED) is 0.705. The van der Waals surface area contributed by atoms with Crippen molar-refractivity contribution in [3.63, 3.8) is 0 Å². The summed E-state index contributed by atoms with van der Waals surface area (Å²) in [5.41, 5.74) is 3.39. The summed E-state index contributed by atoms with van der Waals surface area (Å²) in [6, 6.07) is 12.0. The molecular weight excluding hydrogens is 294 g/mol. The summed E-state index contributed by atoms with van der Waals surface area (Å²) in [7, 11) is 0. The third-order valence-corrected chi connectivity index (χ3v) is 4.52. The molecular formula is C18H16ClN3. The number of nitrogens with zero attached hydrogens (tertiary/aromatic N) is 3. The van der Waals surface area contributed by atoms with Crippen LogP contribution in [0.15, 0.2) is 55.0 Å². The van der Waals surface area contributed by atoms with Crippen LogP contribution in [0.4, 0.5) is 0 Å². The summed E-state index contributed by atoms with van der Waals surface area (Å²) >= 11 is 6.08. The lowest BCUT2D eigenvalue weighted by Crippen LogP contribution is -2.17. The van der Waals surface area contributed by atoms with Crippen molar-refractivity contribution in [2.75, 3.05) is 0 Å². The maximum Gasteiger partial charge on any atom is 0.110 e. The second-order valence-corrected chi connectivity index (χ2v) is 6.16. The fraction of sp³-hybridized carbons (Fsp3) is 0.222. The van der Waals surface area contributed by atoms with Crippen molar-refractivity contribution < 1.29 is 0 Å². The largest absolute Gasteiger partial charge is 0.334 e. The number of benzene rings is 1. The first kappa shape index (κ1) is 13.5. The van der Waals surface area contributed by atoms with Gasteiger partial charge >= 0.3 is 0 Å². The van der Waals surface area contributed by atoms with Gasteiger partial charge in [-0.25, -0.2) is 4.98 Å². The lowest BCUT2D eigenvalue weighted by molar-refractivity contribution is 0.465. The van der Waals surface area contributed by atoms with Gasteiger partial charge in [-0.2, -0.15) is 0 Å². The summed E-state index contributed by atoms with van der Waals surface area (Å²) in [5, 5.41) is 0.747. The summed E-state index contributed by atoms with van der Waals surface area (Å²) < 4.78 is 2.27. The zero-order chi connectivity index (χ0) is 14.9. The van der Waals surface area contributed by atoms with E-state index in [4.69, 9.17) is 16.6 Å². The zero-order valence-electron chi connectivity index (χ0n) is 12.1. The van der Waals surface area contributed by atoms with Crippen LogP contribution in [0.25, 0.3) is 11.3 Å². The first-order valence-corrected chi connectivity index (χ1v) is 7.89. The number of hydrogen-bond acceptors (Lipinski definition) is 2. The molecule has 0 bridgehead atoms. The fourth-order valence-corrected chi connectivity index (χ4v) is 3.31. The van der Waals surface area contributed by atoms with Crippen molar-refractivity contribution in [3.8, 4) is 11.3 Å². The highest BCUT2D eigenvalue weighted by Gasteiger charge is 2.22. The van der Waals surface area contributed by atoms with Gasteiger partial charge in [0.05, 0.1) is 5.69 Å². The molecule has 0 N–H and O–H groups in total. The maximum absolute atomic E-state index is 6.08. The molecule has 3 aromatic rings. The lowest BCUT2D eigenvalue weighted by Gasteiger charge is -2.23. The van der Waals surface area contributed by atoms with E-state index in [1.54, 1.807) is 0 Å². The monoisotopic (exact) mass is 309 g/mol. The third kappa shape index (κ3) is 2.53. The van der Waals surface area contributed by atoms with E-state index in [1.807, 2.05) is 36.7 Å². The minimum atomic E-state index is 0.510. The van der Waals surface area contributed by atoms with Crippen molar-refractivity contribution >= 4 is 11.6 Å². The van der Waals surface area contributed by atoms with E-state index in [-0.39, 0.29) is 0 Å². The molecule has 4 heteroatoms. The summed E-state index contributed by atoms with van der Waals surface area (Å²) in [5.74, 6) is 1.66. The van der Waals surface area contributed by atoms with Gasteiger partial charge in [0.2, 0.25) is 0 Å². The Balaban J connectivity index is 1.64. The predicted molar refractivity (Wildman–Crippen MR) is 88.0 cm³/mol. The number of hydrogen-bond donors (Lipinski definition) is 0. The second-order valence-electron chi connectivity index (χ2n) is 5.72.